The van der Waals surface area contributed by atoms with Crippen LogP contribution in [0.1, 0.15) is 16.8 Å². The lowest BCUT2D eigenvalue weighted by molar-refractivity contribution is 0.0787. The van der Waals surface area contributed by atoms with Crippen molar-refractivity contribution in [3.63, 3.8) is 0 Å². The summed E-state index contributed by atoms with van der Waals surface area (Å²) in [5, 5.41) is 9.88. The summed E-state index contributed by atoms with van der Waals surface area (Å²) in [7, 11) is 0. The first-order chi connectivity index (χ1) is 10.7. The van der Waals surface area contributed by atoms with Gasteiger partial charge >= 0.3 is 0 Å². The van der Waals surface area contributed by atoms with Crippen molar-refractivity contribution in [1.82, 2.24) is 4.90 Å². The van der Waals surface area contributed by atoms with E-state index < -0.39 is 0 Å². The number of nitrogens with two attached hydrogens (primary N) is 1. The molecule has 1 aliphatic heterocycles. The summed E-state index contributed by atoms with van der Waals surface area (Å²) in [5.41, 5.74) is 8.02. The average Bonchev–Trinajstić information content (AvgIpc) is 3.04. The fourth-order valence-corrected chi connectivity index (χ4v) is 2.90. The van der Waals surface area contributed by atoms with Gasteiger partial charge in [-0.3, -0.25) is 4.79 Å². The summed E-state index contributed by atoms with van der Waals surface area (Å²) < 4.78 is 0. The van der Waals surface area contributed by atoms with Crippen LogP contribution in [-0.4, -0.2) is 35.5 Å². The molecule has 1 fully saturated rings. The molecule has 1 atom stereocenters. The summed E-state index contributed by atoms with van der Waals surface area (Å²) in [6.07, 6.45) is 0.984. The lowest BCUT2D eigenvalue weighted by Crippen LogP contribution is -2.29. The number of hydrogen-bond donors (Lipinski definition) is 2. The van der Waals surface area contributed by atoms with E-state index in [-0.39, 0.29) is 11.7 Å². The minimum atomic E-state index is 0.0554. The van der Waals surface area contributed by atoms with Crippen LogP contribution in [0.5, 0.6) is 5.75 Å². The lowest BCUT2D eigenvalue weighted by Gasteiger charge is -2.16. The zero-order valence-electron chi connectivity index (χ0n) is 12.4. The molecule has 0 spiro atoms. The van der Waals surface area contributed by atoms with Gasteiger partial charge in [0, 0.05) is 24.2 Å². The molecule has 0 unspecified atom stereocenters. The largest absolute Gasteiger partial charge is 0.507 e. The molecule has 4 heteroatoms. The van der Waals surface area contributed by atoms with Crippen molar-refractivity contribution in [2.45, 2.75) is 6.42 Å². The molecule has 0 radical (unpaired) electrons. The van der Waals surface area contributed by atoms with Crippen molar-refractivity contribution >= 4 is 5.91 Å². The van der Waals surface area contributed by atoms with E-state index in [1.807, 2.05) is 41.3 Å². The number of carbonyl (C=O) groups excluding carboxylic acids is 1. The van der Waals surface area contributed by atoms with Gasteiger partial charge in [-0.1, -0.05) is 30.3 Å². The third-order valence-electron chi connectivity index (χ3n) is 4.25. The Morgan fingerprint density at radius 3 is 2.55 bits per heavy atom. The van der Waals surface area contributed by atoms with Crippen LogP contribution in [0.25, 0.3) is 11.1 Å². The second-order valence-corrected chi connectivity index (χ2v) is 5.74. The zero-order valence-corrected chi connectivity index (χ0v) is 12.4. The molecule has 1 heterocycles. The highest BCUT2D eigenvalue weighted by atomic mass is 16.3. The number of rotatable bonds is 3. The molecular weight excluding hydrogens is 276 g/mol. The number of likely N-dealkylation sites (tertiary alicyclic amines) is 1. The Morgan fingerprint density at radius 1 is 1.18 bits per heavy atom. The molecule has 1 saturated heterocycles. The normalized spacial score (nSPS) is 17.7. The van der Waals surface area contributed by atoms with E-state index in [0.717, 1.165) is 30.6 Å². The first-order valence-electron chi connectivity index (χ1n) is 7.57. The molecule has 0 bridgehead atoms. The highest BCUT2D eigenvalue weighted by Gasteiger charge is 2.25. The predicted molar refractivity (Wildman–Crippen MR) is 86.6 cm³/mol. The molecule has 3 N–H and O–H groups in total. The molecule has 114 valence electrons. The number of nitrogens with zero attached hydrogens (tertiary/aromatic N) is 1. The summed E-state index contributed by atoms with van der Waals surface area (Å²) in [4.78, 5) is 14.3. The molecule has 0 aliphatic carbocycles. The maximum atomic E-state index is 12.5. The molecule has 2 aromatic carbocycles. The van der Waals surface area contributed by atoms with Gasteiger partial charge in [-0.2, -0.15) is 0 Å². The monoisotopic (exact) mass is 296 g/mol. The highest BCUT2D eigenvalue weighted by molar-refractivity contribution is 5.95. The maximum absolute atomic E-state index is 12.5. The van der Waals surface area contributed by atoms with Gasteiger partial charge in [-0.15, -0.1) is 0 Å². The Hall–Kier alpha value is -2.33. The van der Waals surface area contributed by atoms with Crippen LogP contribution in [-0.2, 0) is 0 Å². The van der Waals surface area contributed by atoms with Crippen LogP contribution in [0.4, 0.5) is 0 Å². The average molecular weight is 296 g/mol. The minimum absolute atomic E-state index is 0.0554. The summed E-state index contributed by atoms with van der Waals surface area (Å²) >= 11 is 0. The number of phenolic OH excluding ortho intramolecular Hbond substituents is 1. The van der Waals surface area contributed by atoms with Gasteiger partial charge in [0.1, 0.15) is 5.75 Å². The number of amides is 1. The molecular formula is C18H20N2O2. The Morgan fingerprint density at radius 2 is 1.91 bits per heavy atom. The first-order valence-corrected chi connectivity index (χ1v) is 7.57. The van der Waals surface area contributed by atoms with Crippen LogP contribution in [0.3, 0.4) is 0 Å². The van der Waals surface area contributed by atoms with E-state index in [1.165, 1.54) is 0 Å². The Labute approximate surface area is 130 Å². The van der Waals surface area contributed by atoms with Crippen molar-refractivity contribution in [3.8, 4) is 16.9 Å². The van der Waals surface area contributed by atoms with E-state index in [1.54, 1.807) is 12.1 Å². The number of benzene rings is 2. The fraction of sp³-hybridized carbons (Fsp3) is 0.278. The summed E-state index contributed by atoms with van der Waals surface area (Å²) in [5.74, 6) is 0.719. The van der Waals surface area contributed by atoms with Crippen LogP contribution in [0.15, 0.2) is 48.5 Å². The standard InChI is InChI=1S/C18H20N2O2/c19-11-13-9-10-20(12-13)18(22)15-7-5-14(6-8-15)16-3-1-2-4-17(16)21/h1-8,13,21H,9-12,19H2/t13-/m0/s1. The predicted octanol–water partition coefficient (Wildman–Crippen LogP) is 2.48. The molecule has 0 aromatic heterocycles. The second-order valence-electron chi connectivity index (χ2n) is 5.74. The third kappa shape index (κ3) is 2.83. The van der Waals surface area contributed by atoms with E-state index >= 15 is 0 Å². The van der Waals surface area contributed by atoms with Gasteiger partial charge in [-0.25, -0.2) is 0 Å². The van der Waals surface area contributed by atoms with Gasteiger partial charge in [0.05, 0.1) is 0 Å². The highest BCUT2D eigenvalue weighted by Crippen LogP contribution is 2.29. The quantitative estimate of drug-likeness (QED) is 0.914. The fourth-order valence-electron chi connectivity index (χ4n) is 2.90. The minimum Gasteiger partial charge on any atom is -0.507 e. The second kappa shape index (κ2) is 6.20. The number of aromatic hydroxyl groups is 1. The van der Waals surface area contributed by atoms with E-state index in [0.29, 0.717) is 18.0 Å². The van der Waals surface area contributed by atoms with Crippen molar-refractivity contribution in [3.05, 3.63) is 54.1 Å². The van der Waals surface area contributed by atoms with E-state index in [2.05, 4.69) is 0 Å². The van der Waals surface area contributed by atoms with Crippen molar-refractivity contribution in [2.75, 3.05) is 19.6 Å². The van der Waals surface area contributed by atoms with Gasteiger partial charge in [-0.05, 0) is 42.6 Å². The molecule has 1 amide bonds. The first kappa shape index (κ1) is 14.6. The van der Waals surface area contributed by atoms with Gasteiger partial charge < -0.3 is 15.7 Å². The van der Waals surface area contributed by atoms with Crippen molar-refractivity contribution in [2.24, 2.45) is 11.7 Å². The van der Waals surface area contributed by atoms with Crippen LogP contribution >= 0.6 is 0 Å². The number of phenols is 1. The molecule has 0 saturated carbocycles. The maximum Gasteiger partial charge on any atom is 0.253 e. The summed E-state index contributed by atoms with van der Waals surface area (Å²) in [6.45, 7) is 2.16. The van der Waals surface area contributed by atoms with Gasteiger partial charge in [0.2, 0.25) is 0 Å². The van der Waals surface area contributed by atoms with Crippen LogP contribution in [0.2, 0.25) is 0 Å². The van der Waals surface area contributed by atoms with E-state index in [9.17, 15) is 9.90 Å². The zero-order chi connectivity index (χ0) is 15.5. The molecule has 2 aromatic rings. The number of carbonyl (C=O) groups is 1. The number of para-hydroxylation sites is 1. The number of hydrogen-bond acceptors (Lipinski definition) is 3. The Bertz CT molecular complexity index is 667. The molecule has 1 aliphatic rings. The molecule has 3 rings (SSSR count). The van der Waals surface area contributed by atoms with Crippen LogP contribution < -0.4 is 5.73 Å². The van der Waals surface area contributed by atoms with Gasteiger partial charge in [0.15, 0.2) is 0 Å². The topological polar surface area (TPSA) is 66.6 Å². The van der Waals surface area contributed by atoms with Crippen LogP contribution in [0, 0.1) is 5.92 Å². The lowest BCUT2D eigenvalue weighted by atomic mass is 10.0. The van der Waals surface area contributed by atoms with Gasteiger partial charge in [0.25, 0.3) is 5.91 Å². The smallest absolute Gasteiger partial charge is 0.253 e. The van der Waals surface area contributed by atoms with Crippen molar-refractivity contribution < 1.29 is 9.90 Å². The molecule has 22 heavy (non-hydrogen) atoms. The molecule has 4 nitrogen and oxygen atoms in total. The Kier molecular flexibility index (Phi) is 4.11. The third-order valence-corrected chi connectivity index (χ3v) is 4.25. The SMILES string of the molecule is NC[C@@H]1CCN(C(=O)c2ccc(-c3ccccc3O)cc2)C1. The van der Waals surface area contributed by atoms with E-state index in [4.69, 9.17) is 5.73 Å². The van der Waals surface area contributed by atoms with Crippen molar-refractivity contribution in [1.29, 1.82) is 0 Å². The summed E-state index contributed by atoms with van der Waals surface area (Å²) in [6, 6.07) is 14.6. The Balaban J connectivity index is 1.77.